The van der Waals surface area contributed by atoms with Crippen LogP contribution in [-0.4, -0.2) is 42.1 Å². The number of carboxylic acid groups (broad SMARTS) is 1. The fourth-order valence-corrected chi connectivity index (χ4v) is 1.40. The molecular weight excluding hydrogens is 196 g/mol. The van der Waals surface area contributed by atoms with Crippen molar-refractivity contribution in [3.63, 3.8) is 0 Å². The first-order chi connectivity index (χ1) is 7.00. The number of urea groups is 1. The molecule has 0 aromatic rings. The smallest absolute Gasteiger partial charge is 0.317 e. The Hall–Kier alpha value is -1.26. The molecule has 2 amide bonds. The van der Waals surface area contributed by atoms with Crippen LogP contribution in [0.25, 0.3) is 0 Å². The molecule has 2 N–H and O–H groups in total. The van der Waals surface area contributed by atoms with Crippen LogP contribution < -0.4 is 5.32 Å². The molecule has 0 aromatic carbocycles. The monoisotopic (exact) mass is 214 g/mol. The fraction of sp³-hybridized carbons (Fsp3) is 0.800. The molecule has 1 rings (SSSR count). The molecule has 5 heteroatoms. The summed E-state index contributed by atoms with van der Waals surface area (Å²) in [6.45, 7) is 3.11. The lowest BCUT2D eigenvalue weighted by Gasteiger charge is -2.16. The molecule has 1 aliphatic rings. The van der Waals surface area contributed by atoms with Crippen molar-refractivity contribution in [1.82, 2.24) is 10.2 Å². The second-order valence-electron chi connectivity index (χ2n) is 4.22. The van der Waals surface area contributed by atoms with E-state index in [1.54, 1.807) is 7.05 Å². The van der Waals surface area contributed by atoms with Gasteiger partial charge >= 0.3 is 12.0 Å². The molecule has 1 aliphatic carbocycles. The number of carbonyl (C=O) groups excluding carboxylic acids is 1. The number of rotatable bonds is 5. The number of hydrogen-bond donors (Lipinski definition) is 2. The van der Waals surface area contributed by atoms with Crippen molar-refractivity contribution in [2.45, 2.75) is 19.8 Å². The number of nitrogens with zero attached hydrogens (tertiary/aromatic N) is 1. The van der Waals surface area contributed by atoms with Gasteiger partial charge in [-0.15, -0.1) is 0 Å². The highest BCUT2D eigenvalue weighted by molar-refractivity contribution is 5.75. The van der Waals surface area contributed by atoms with Crippen molar-refractivity contribution in [3.05, 3.63) is 0 Å². The lowest BCUT2D eigenvalue weighted by atomic mass is 10.3. The van der Waals surface area contributed by atoms with E-state index in [0.717, 1.165) is 5.92 Å². The van der Waals surface area contributed by atoms with Crippen molar-refractivity contribution >= 4 is 12.0 Å². The minimum Gasteiger partial charge on any atom is -0.481 e. The highest BCUT2D eigenvalue weighted by Crippen LogP contribution is 2.36. The Bertz CT molecular complexity index is 255. The third-order valence-electron chi connectivity index (χ3n) is 2.80. The van der Waals surface area contributed by atoms with Gasteiger partial charge in [-0.3, -0.25) is 4.79 Å². The first kappa shape index (κ1) is 11.8. The molecule has 0 aliphatic heterocycles. The minimum atomic E-state index is -0.884. The van der Waals surface area contributed by atoms with E-state index in [2.05, 4.69) is 12.2 Å². The van der Waals surface area contributed by atoms with E-state index in [4.69, 9.17) is 5.11 Å². The Morgan fingerprint density at radius 1 is 1.53 bits per heavy atom. The molecule has 15 heavy (non-hydrogen) atoms. The highest BCUT2D eigenvalue weighted by atomic mass is 16.4. The summed E-state index contributed by atoms with van der Waals surface area (Å²) in [5, 5.41) is 11.2. The van der Waals surface area contributed by atoms with Gasteiger partial charge in [0.2, 0.25) is 0 Å². The summed E-state index contributed by atoms with van der Waals surface area (Å²) < 4.78 is 0. The van der Waals surface area contributed by atoms with E-state index in [0.29, 0.717) is 12.5 Å². The Morgan fingerprint density at radius 2 is 2.13 bits per heavy atom. The van der Waals surface area contributed by atoms with Crippen LogP contribution in [0.2, 0.25) is 0 Å². The van der Waals surface area contributed by atoms with Gasteiger partial charge in [0.15, 0.2) is 0 Å². The predicted molar refractivity (Wildman–Crippen MR) is 55.6 cm³/mol. The lowest BCUT2D eigenvalue weighted by Crippen LogP contribution is -2.39. The number of aliphatic carboxylic acids is 1. The second kappa shape index (κ2) is 5.00. The maximum absolute atomic E-state index is 11.4. The minimum absolute atomic E-state index is 0.0102. The van der Waals surface area contributed by atoms with Crippen LogP contribution in [0, 0.1) is 11.8 Å². The summed E-state index contributed by atoms with van der Waals surface area (Å²) in [6, 6.07) is -0.185. The molecule has 86 valence electrons. The molecule has 0 spiro atoms. The van der Waals surface area contributed by atoms with E-state index in [1.165, 1.54) is 11.3 Å². The number of hydrogen-bond acceptors (Lipinski definition) is 2. The largest absolute Gasteiger partial charge is 0.481 e. The number of carbonyl (C=O) groups is 2. The standard InChI is InChI=1S/C10H18N2O3/c1-7-5-8(7)6-11-10(15)12(2)4-3-9(13)14/h7-8H,3-6H2,1-2H3,(H,11,15)(H,13,14). The summed E-state index contributed by atoms with van der Waals surface area (Å²) in [5.74, 6) is 0.446. The fourth-order valence-electron chi connectivity index (χ4n) is 1.40. The van der Waals surface area contributed by atoms with Crippen LogP contribution in [0.5, 0.6) is 0 Å². The third kappa shape index (κ3) is 4.18. The Balaban J connectivity index is 2.12. The van der Waals surface area contributed by atoms with E-state index < -0.39 is 5.97 Å². The molecule has 2 atom stereocenters. The van der Waals surface area contributed by atoms with E-state index >= 15 is 0 Å². The first-order valence-corrected chi connectivity index (χ1v) is 5.21. The van der Waals surface area contributed by atoms with Crippen LogP contribution in [0.1, 0.15) is 19.8 Å². The van der Waals surface area contributed by atoms with Crippen LogP contribution in [0.3, 0.4) is 0 Å². The van der Waals surface area contributed by atoms with Crippen molar-refractivity contribution in [1.29, 1.82) is 0 Å². The van der Waals surface area contributed by atoms with Crippen molar-refractivity contribution in [2.75, 3.05) is 20.1 Å². The quantitative estimate of drug-likeness (QED) is 0.709. The topological polar surface area (TPSA) is 69.6 Å². The average molecular weight is 214 g/mol. The molecule has 0 aromatic heterocycles. The van der Waals surface area contributed by atoms with Gasteiger partial charge in [-0.1, -0.05) is 6.92 Å². The van der Waals surface area contributed by atoms with Gasteiger partial charge in [-0.05, 0) is 18.3 Å². The van der Waals surface area contributed by atoms with Crippen LogP contribution in [0.15, 0.2) is 0 Å². The van der Waals surface area contributed by atoms with Gasteiger partial charge in [-0.25, -0.2) is 4.79 Å². The molecule has 2 unspecified atom stereocenters. The van der Waals surface area contributed by atoms with Crippen LogP contribution >= 0.6 is 0 Å². The summed E-state index contributed by atoms with van der Waals surface area (Å²) in [4.78, 5) is 23.1. The van der Waals surface area contributed by atoms with Gasteiger partial charge in [0.25, 0.3) is 0 Å². The summed E-state index contributed by atoms with van der Waals surface area (Å²) in [5.41, 5.74) is 0. The maximum atomic E-state index is 11.4. The lowest BCUT2D eigenvalue weighted by molar-refractivity contribution is -0.137. The molecule has 0 radical (unpaired) electrons. The second-order valence-corrected chi connectivity index (χ2v) is 4.22. The van der Waals surface area contributed by atoms with Gasteiger partial charge < -0.3 is 15.3 Å². The molecule has 1 fully saturated rings. The van der Waals surface area contributed by atoms with Crippen molar-refractivity contribution in [2.24, 2.45) is 11.8 Å². The normalized spacial score (nSPS) is 23.3. The maximum Gasteiger partial charge on any atom is 0.317 e. The van der Waals surface area contributed by atoms with Gasteiger partial charge in [0.1, 0.15) is 0 Å². The molecule has 1 saturated carbocycles. The zero-order valence-corrected chi connectivity index (χ0v) is 9.19. The van der Waals surface area contributed by atoms with Gasteiger partial charge in [0, 0.05) is 20.1 Å². The Morgan fingerprint density at radius 3 is 2.60 bits per heavy atom. The zero-order chi connectivity index (χ0) is 11.4. The summed E-state index contributed by atoms with van der Waals surface area (Å²) in [6.07, 6.45) is 1.17. The molecule has 0 bridgehead atoms. The Labute approximate surface area is 89.4 Å². The van der Waals surface area contributed by atoms with E-state index in [-0.39, 0.29) is 19.0 Å². The third-order valence-corrected chi connectivity index (χ3v) is 2.80. The number of amides is 2. The van der Waals surface area contributed by atoms with Gasteiger partial charge in [0.05, 0.1) is 6.42 Å². The number of nitrogens with one attached hydrogen (secondary N) is 1. The molecule has 0 saturated heterocycles. The zero-order valence-electron chi connectivity index (χ0n) is 9.19. The van der Waals surface area contributed by atoms with Crippen LogP contribution in [-0.2, 0) is 4.79 Å². The highest BCUT2D eigenvalue weighted by Gasteiger charge is 2.32. The summed E-state index contributed by atoms with van der Waals surface area (Å²) >= 11 is 0. The molecule has 0 heterocycles. The van der Waals surface area contributed by atoms with E-state index in [9.17, 15) is 9.59 Å². The molecule has 5 nitrogen and oxygen atoms in total. The van der Waals surface area contributed by atoms with E-state index in [1.807, 2.05) is 0 Å². The SMILES string of the molecule is CC1CC1CNC(=O)N(C)CCC(=O)O. The number of carboxylic acids is 1. The first-order valence-electron chi connectivity index (χ1n) is 5.21. The molecular formula is C10H18N2O3. The van der Waals surface area contributed by atoms with Crippen LogP contribution in [0.4, 0.5) is 4.79 Å². The van der Waals surface area contributed by atoms with Crippen molar-refractivity contribution in [3.8, 4) is 0 Å². The van der Waals surface area contributed by atoms with Gasteiger partial charge in [-0.2, -0.15) is 0 Å². The average Bonchev–Trinajstić information content (AvgIpc) is 2.87. The predicted octanol–water partition coefficient (Wildman–Crippen LogP) is 0.758. The summed E-state index contributed by atoms with van der Waals surface area (Å²) in [7, 11) is 1.61. The Kier molecular flexibility index (Phi) is 3.94. The van der Waals surface area contributed by atoms with Crippen molar-refractivity contribution < 1.29 is 14.7 Å².